The van der Waals surface area contributed by atoms with Crippen LogP contribution in [0.15, 0.2) is 30.6 Å². The van der Waals surface area contributed by atoms with Crippen molar-refractivity contribution in [3.8, 4) is 0 Å². The molecule has 1 aromatic heterocycles. The maximum atomic E-state index is 5.86. The van der Waals surface area contributed by atoms with Gasteiger partial charge in [0.2, 0.25) is 0 Å². The minimum absolute atomic E-state index is 0.156. The summed E-state index contributed by atoms with van der Waals surface area (Å²) in [6.45, 7) is 2.96. The second-order valence-electron chi connectivity index (χ2n) is 3.81. The van der Waals surface area contributed by atoms with Crippen LogP contribution in [0.3, 0.4) is 0 Å². The average Bonchev–Trinajstić information content (AvgIpc) is 2.85. The Kier molecular flexibility index (Phi) is 4.12. The molecule has 1 heterocycles. The van der Waals surface area contributed by atoms with Crippen LogP contribution in [-0.2, 0) is 6.42 Å². The molecule has 17 heavy (non-hydrogen) atoms. The van der Waals surface area contributed by atoms with Crippen molar-refractivity contribution in [1.29, 1.82) is 0 Å². The van der Waals surface area contributed by atoms with Crippen LogP contribution < -0.4 is 5.32 Å². The minimum Gasteiger partial charge on any atom is -0.307 e. The first kappa shape index (κ1) is 12.1. The van der Waals surface area contributed by atoms with Gasteiger partial charge in [0.15, 0.2) is 0 Å². The smallest absolute Gasteiger partial charge is 0.141 e. The monoisotopic (exact) mass is 250 g/mol. The molecule has 0 saturated heterocycles. The number of halogens is 1. The summed E-state index contributed by atoms with van der Waals surface area (Å²) in [4.78, 5) is 4.19. The molecule has 0 saturated carbocycles. The Morgan fingerprint density at radius 3 is 2.71 bits per heavy atom. The molecule has 0 spiro atoms. The van der Waals surface area contributed by atoms with Crippen LogP contribution in [0, 0.1) is 0 Å². The van der Waals surface area contributed by atoms with Gasteiger partial charge in [0.05, 0.1) is 6.04 Å². The van der Waals surface area contributed by atoms with Crippen LogP contribution in [-0.4, -0.2) is 21.7 Å². The van der Waals surface area contributed by atoms with Gasteiger partial charge >= 0.3 is 0 Å². The zero-order valence-corrected chi connectivity index (χ0v) is 10.4. The molecule has 90 valence electrons. The van der Waals surface area contributed by atoms with Crippen LogP contribution in [0.2, 0.25) is 5.02 Å². The Bertz CT molecular complexity index is 438. The van der Waals surface area contributed by atoms with Gasteiger partial charge in [0.25, 0.3) is 0 Å². The predicted octanol–water partition coefficient (Wildman–Crippen LogP) is 2.35. The van der Waals surface area contributed by atoms with E-state index in [1.807, 2.05) is 24.3 Å². The molecule has 2 aromatic rings. The molecule has 5 heteroatoms. The number of rotatable bonds is 5. The molecule has 1 atom stereocenters. The maximum Gasteiger partial charge on any atom is 0.141 e. The number of hydrogen-bond donors (Lipinski definition) is 2. The van der Waals surface area contributed by atoms with Gasteiger partial charge in [0.1, 0.15) is 12.2 Å². The number of hydrogen-bond acceptors (Lipinski definition) is 3. The van der Waals surface area contributed by atoms with E-state index in [2.05, 4.69) is 27.4 Å². The highest BCUT2D eigenvalue weighted by atomic mass is 35.5. The molecule has 1 unspecified atom stereocenters. The van der Waals surface area contributed by atoms with E-state index in [9.17, 15) is 0 Å². The van der Waals surface area contributed by atoms with Crippen molar-refractivity contribution in [2.24, 2.45) is 0 Å². The van der Waals surface area contributed by atoms with Gasteiger partial charge < -0.3 is 5.32 Å². The van der Waals surface area contributed by atoms with Crippen molar-refractivity contribution in [2.75, 3.05) is 6.54 Å². The summed E-state index contributed by atoms with van der Waals surface area (Å²) in [5.74, 6) is 0.863. The summed E-state index contributed by atoms with van der Waals surface area (Å²) in [6, 6.07) is 8.02. The van der Waals surface area contributed by atoms with Gasteiger partial charge in [-0.15, -0.1) is 0 Å². The lowest BCUT2D eigenvalue weighted by Crippen LogP contribution is -2.24. The van der Waals surface area contributed by atoms with E-state index < -0.39 is 0 Å². The van der Waals surface area contributed by atoms with Crippen LogP contribution >= 0.6 is 11.6 Å². The molecule has 2 rings (SSSR count). The molecule has 2 N–H and O–H groups in total. The Balaban J connectivity index is 2.10. The first-order chi connectivity index (χ1) is 8.29. The molecule has 0 bridgehead atoms. The fraction of sp³-hybridized carbons (Fsp3) is 0.333. The van der Waals surface area contributed by atoms with Gasteiger partial charge in [-0.05, 0) is 30.7 Å². The van der Waals surface area contributed by atoms with Crippen LogP contribution in [0.1, 0.15) is 24.4 Å². The molecular formula is C12H15ClN4. The molecule has 0 aliphatic rings. The Morgan fingerprint density at radius 2 is 2.12 bits per heavy atom. The highest BCUT2D eigenvalue weighted by Gasteiger charge is 2.13. The Hall–Kier alpha value is -1.39. The summed E-state index contributed by atoms with van der Waals surface area (Å²) >= 11 is 5.86. The number of nitrogens with one attached hydrogen (secondary N) is 2. The molecule has 1 aromatic carbocycles. The largest absolute Gasteiger partial charge is 0.307 e. The number of benzene rings is 1. The molecule has 0 fully saturated rings. The lowest BCUT2D eigenvalue weighted by molar-refractivity contribution is 0.523. The summed E-state index contributed by atoms with van der Waals surface area (Å²) in [7, 11) is 0. The Labute approximate surface area is 105 Å². The van der Waals surface area contributed by atoms with Gasteiger partial charge in [0, 0.05) is 5.02 Å². The van der Waals surface area contributed by atoms with Gasteiger partial charge in [-0.1, -0.05) is 30.7 Å². The van der Waals surface area contributed by atoms with Crippen molar-refractivity contribution in [3.05, 3.63) is 47.0 Å². The van der Waals surface area contributed by atoms with E-state index >= 15 is 0 Å². The zero-order valence-electron chi connectivity index (χ0n) is 9.65. The van der Waals surface area contributed by atoms with Gasteiger partial charge in [-0.25, -0.2) is 4.98 Å². The van der Waals surface area contributed by atoms with Crippen molar-refractivity contribution in [1.82, 2.24) is 20.5 Å². The number of aromatic amines is 1. The fourth-order valence-electron chi connectivity index (χ4n) is 1.75. The predicted molar refractivity (Wildman–Crippen MR) is 68.0 cm³/mol. The number of H-pyrrole nitrogens is 1. The number of likely N-dealkylation sites (N-methyl/N-ethyl adjacent to an activating group) is 1. The number of nitrogens with zero attached hydrogens (tertiary/aromatic N) is 2. The van der Waals surface area contributed by atoms with E-state index in [1.165, 1.54) is 11.9 Å². The van der Waals surface area contributed by atoms with Crippen molar-refractivity contribution < 1.29 is 0 Å². The van der Waals surface area contributed by atoms with Crippen molar-refractivity contribution in [2.45, 2.75) is 19.4 Å². The summed E-state index contributed by atoms with van der Waals surface area (Å²) in [5.41, 5.74) is 1.22. The van der Waals surface area contributed by atoms with Crippen molar-refractivity contribution >= 4 is 11.6 Å². The van der Waals surface area contributed by atoms with Gasteiger partial charge in [-0.2, -0.15) is 5.10 Å². The SMILES string of the molecule is CCNC(Cc1ccc(Cl)cc1)c1ncn[nH]1. The second-order valence-corrected chi connectivity index (χ2v) is 4.25. The summed E-state index contributed by atoms with van der Waals surface area (Å²) in [6.07, 6.45) is 2.39. The molecule has 0 radical (unpaired) electrons. The lowest BCUT2D eigenvalue weighted by Gasteiger charge is -2.15. The molecule has 4 nitrogen and oxygen atoms in total. The number of aromatic nitrogens is 3. The molecular weight excluding hydrogens is 236 g/mol. The lowest BCUT2D eigenvalue weighted by atomic mass is 10.1. The first-order valence-corrected chi connectivity index (χ1v) is 6.00. The highest BCUT2D eigenvalue weighted by molar-refractivity contribution is 6.30. The van der Waals surface area contributed by atoms with Crippen LogP contribution in [0.25, 0.3) is 0 Å². The third kappa shape index (κ3) is 3.28. The molecule has 0 aliphatic heterocycles. The fourth-order valence-corrected chi connectivity index (χ4v) is 1.88. The Morgan fingerprint density at radius 1 is 1.35 bits per heavy atom. The minimum atomic E-state index is 0.156. The molecule has 0 aliphatic carbocycles. The molecule has 0 amide bonds. The third-order valence-corrected chi connectivity index (χ3v) is 2.82. The van der Waals surface area contributed by atoms with E-state index in [0.29, 0.717) is 0 Å². The standard InChI is InChI=1S/C12H15ClN4/c1-2-14-11(12-15-8-16-17-12)7-9-3-5-10(13)6-4-9/h3-6,8,11,14H,2,7H2,1H3,(H,15,16,17). The third-order valence-electron chi connectivity index (χ3n) is 2.57. The van der Waals surface area contributed by atoms with Crippen LogP contribution in [0.5, 0.6) is 0 Å². The van der Waals surface area contributed by atoms with E-state index in [4.69, 9.17) is 11.6 Å². The quantitative estimate of drug-likeness (QED) is 0.857. The van der Waals surface area contributed by atoms with Crippen molar-refractivity contribution in [3.63, 3.8) is 0 Å². The van der Waals surface area contributed by atoms with Gasteiger partial charge in [-0.3, -0.25) is 5.10 Å². The summed E-state index contributed by atoms with van der Waals surface area (Å²) < 4.78 is 0. The normalized spacial score (nSPS) is 12.6. The van der Waals surface area contributed by atoms with E-state index in [-0.39, 0.29) is 6.04 Å². The highest BCUT2D eigenvalue weighted by Crippen LogP contribution is 2.16. The van der Waals surface area contributed by atoms with E-state index in [1.54, 1.807) is 0 Å². The second kappa shape index (κ2) is 5.80. The average molecular weight is 251 g/mol. The topological polar surface area (TPSA) is 53.6 Å². The van der Waals surface area contributed by atoms with E-state index in [0.717, 1.165) is 23.8 Å². The maximum absolute atomic E-state index is 5.86. The zero-order chi connectivity index (χ0) is 12.1. The van der Waals surface area contributed by atoms with Crippen LogP contribution in [0.4, 0.5) is 0 Å². The summed E-state index contributed by atoms with van der Waals surface area (Å²) in [5, 5.41) is 10.9. The first-order valence-electron chi connectivity index (χ1n) is 5.62.